The van der Waals surface area contributed by atoms with E-state index in [1.807, 2.05) is 0 Å². The van der Waals surface area contributed by atoms with E-state index >= 15 is 0 Å². The Bertz CT molecular complexity index is 985. The van der Waals surface area contributed by atoms with E-state index in [4.69, 9.17) is 12.2 Å². The molecule has 1 fully saturated rings. The summed E-state index contributed by atoms with van der Waals surface area (Å²) >= 11 is 5.03. The van der Waals surface area contributed by atoms with Crippen LogP contribution in [-0.4, -0.2) is 30.0 Å². The third-order valence-electron chi connectivity index (χ3n) is 3.84. The molecule has 136 valence electrons. The third-order valence-corrected chi connectivity index (χ3v) is 4.12. The second kappa shape index (κ2) is 7.46. The summed E-state index contributed by atoms with van der Waals surface area (Å²) < 4.78 is 18.7. The van der Waals surface area contributed by atoms with Crippen LogP contribution in [0.4, 0.5) is 10.1 Å². The first-order valence-electron chi connectivity index (χ1n) is 7.76. The van der Waals surface area contributed by atoms with Gasteiger partial charge in [-0.3, -0.25) is 14.9 Å². The number of amides is 2. The van der Waals surface area contributed by atoms with E-state index in [1.165, 1.54) is 43.5 Å². The summed E-state index contributed by atoms with van der Waals surface area (Å²) in [6.07, 6.45) is 1.34. The monoisotopic (exact) mass is 384 g/mol. The number of rotatable bonds is 3. The first-order valence-corrected chi connectivity index (χ1v) is 8.17. The minimum Gasteiger partial charge on any atom is -0.465 e. The van der Waals surface area contributed by atoms with Crippen molar-refractivity contribution in [1.82, 2.24) is 5.32 Å². The highest BCUT2D eigenvalue weighted by Crippen LogP contribution is 2.24. The van der Waals surface area contributed by atoms with Crippen LogP contribution in [0.2, 0.25) is 0 Å². The number of nitrogens with one attached hydrogen (secondary N) is 1. The molecule has 1 heterocycles. The predicted molar refractivity (Wildman–Crippen MR) is 100 cm³/mol. The van der Waals surface area contributed by atoms with Gasteiger partial charge in [0.25, 0.3) is 11.8 Å². The van der Waals surface area contributed by atoms with Gasteiger partial charge in [0, 0.05) is 0 Å². The predicted octanol–water partition coefficient (Wildman–Crippen LogP) is 2.44. The van der Waals surface area contributed by atoms with Crippen LogP contribution >= 0.6 is 12.2 Å². The van der Waals surface area contributed by atoms with Crippen LogP contribution in [0, 0.1) is 5.82 Å². The molecular weight excluding hydrogens is 371 g/mol. The van der Waals surface area contributed by atoms with Crippen molar-refractivity contribution >= 4 is 46.9 Å². The van der Waals surface area contributed by atoms with E-state index < -0.39 is 23.6 Å². The molecule has 1 aliphatic heterocycles. The van der Waals surface area contributed by atoms with E-state index in [1.54, 1.807) is 18.2 Å². The van der Waals surface area contributed by atoms with Gasteiger partial charge < -0.3 is 4.74 Å². The number of halogens is 1. The zero-order valence-corrected chi connectivity index (χ0v) is 14.9. The fraction of sp³-hybridized carbons (Fsp3) is 0.0526. The first-order chi connectivity index (χ1) is 12.9. The van der Waals surface area contributed by atoms with Crippen molar-refractivity contribution in [3.05, 3.63) is 71.0 Å². The Morgan fingerprint density at radius 2 is 1.81 bits per heavy atom. The summed E-state index contributed by atoms with van der Waals surface area (Å²) in [4.78, 5) is 37.4. The molecule has 0 atom stereocenters. The van der Waals surface area contributed by atoms with Crippen LogP contribution in [-0.2, 0) is 14.3 Å². The number of carbonyl (C=O) groups is 3. The number of esters is 1. The highest BCUT2D eigenvalue weighted by Gasteiger charge is 2.35. The Hall–Kier alpha value is -3.39. The molecule has 1 aliphatic rings. The lowest BCUT2D eigenvalue weighted by atomic mass is 10.1. The average Bonchev–Trinajstić information content (AvgIpc) is 2.66. The van der Waals surface area contributed by atoms with Gasteiger partial charge in [-0.1, -0.05) is 24.3 Å². The zero-order chi connectivity index (χ0) is 19.6. The smallest absolute Gasteiger partial charge is 0.337 e. The van der Waals surface area contributed by atoms with Crippen LogP contribution < -0.4 is 10.2 Å². The van der Waals surface area contributed by atoms with Crippen LogP contribution in [0.15, 0.2) is 54.1 Å². The number of para-hydroxylation sites is 1. The maximum atomic E-state index is 14.1. The van der Waals surface area contributed by atoms with Gasteiger partial charge in [0.1, 0.15) is 11.4 Å². The molecule has 6 nitrogen and oxygen atoms in total. The fourth-order valence-electron chi connectivity index (χ4n) is 2.51. The normalized spacial score (nSPS) is 15.7. The summed E-state index contributed by atoms with van der Waals surface area (Å²) in [5.41, 5.74) is 0.563. The molecule has 2 aromatic rings. The second-order valence-corrected chi connectivity index (χ2v) is 5.91. The van der Waals surface area contributed by atoms with Gasteiger partial charge in [0.15, 0.2) is 5.11 Å². The van der Waals surface area contributed by atoms with E-state index in [2.05, 4.69) is 10.1 Å². The highest BCUT2D eigenvalue weighted by molar-refractivity contribution is 7.80. The van der Waals surface area contributed by atoms with Gasteiger partial charge in [-0.15, -0.1) is 0 Å². The molecular formula is C19H13FN2O4S. The third kappa shape index (κ3) is 3.61. The summed E-state index contributed by atoms with van der Waals surface area (Å²) in [6.45, 7) is 0. The summed E-state index contributed by atoms with van der Waals surface area (Å²) in [5.74, 6) is -2.58. The number of benzene rings is 2. The Labute approximate surface area is 159 Å². The molecule has 0 spiro atoms. The molecule has 1 saturated heterocycles. The zero-order valence-electron chi connectivity index (χ0n) is 14.1. The number of thiocarbonyl (C=S) groups is 1. The lowest BCUT2D eigenvalue weighted by Crippen LogP contribution is -2.54. The van der Waals surface area contributed by atoms with Crippen LogP contribution in [0.5, 0.6) is 0 Å². The van der Waals surface area contributed by atoms with Crippen molar-refractivity contribution in [1.29, 1.82) is 0 Å². The summed E-state index contributed by atoms with van der Waals surface area (Å²) in [7, 11) is 1.27. The summed E-state index contributed by atoms with van der Waals surface area (Å²) in [6, 6.07) is 11.7. The SMILES string of the molecule is COC(=O)c1ccc(C=C2C(=O)NC(=S)N(c3ccccc3F)C2=O)cc1. The van der Waals surface area contributed by atoms with E-state index in [0.717, 1.165) is 4.90 Å². The molecule has 27 heavy (non-hydrogen) atoms. The molecule has 1 N–H and O–H groups in total. The van der Waals surface area contributed by atoms with Gasteiger partial charge in [0.2, 0.25) is 0 Å². The van der Waals surface area contributed by atoms with Gasteiger partial charge in [-0.25, -0.2) is 14.1 Å². The van der Waals surface area contributed by atoms with Crippen LogP contribution in [0.3, 0.4) is 0 Å². The second-order valence-electron chi connectivity index (χ2n) is 5.52. The fourth-order valence-corrected chi connectivity index (χ4v) is 2.78. The lowest BCUT2D eigenvalue weighted by molar-refractivity contribution is -0.122. The van der Waals surface area contributed by atoms with E-state index in [9.17, 15) is 18.8 Å². The van der Waals surface area contributed by atoms with E-state index in [0.29, 0.717) is 11.1 Å². The molecule has 2 aromatic carbocycles. The molecule has 0 aliphatic carbocycles. The Kier molecular flexibility index (Phi) is 5.09. The topological polar surface area (TPSA) is 75.7 Å². The first kappa shape index (κ1) is 18.4. The van der Waals surface area contributed by atoms with Gasteiger partial charge in [0.05, 0.1) is 18.4 Å². The Morgan fingerprint density at radius 3 is 2.44 bits per heavy atom. The Balaban J connectivity index is 1.97. The Morgan fingerprint density at radius 1 is 1.15 bits per heavy atom. The van der Waals surface area contributed by atoms with Crippen molar-refractivity contribution in [3.8, 4) is 0 Å². The number of anilines is 1. The minimum absolute atomic E-state index is 0.0561. The van der Waals surface area contributed by atoms with Crippen molar-refractivity contribution in [2.45, 2.75) is 0 Å². The number of nitrogens with zero attached hydrogens (tertiary/aromatic N) is 1. The van der Waals surface area contributed by atoms with Crippen molar-refractivity contribution in [2.75, 3.05) is 12.0 Å². The standard InChI is InChI=1S/C19H13FN2O4S/c1-26-18(25)12-8-6-11(7-9-12)10-13-16(23)21-19(27)22(17(13)24)15-5-3-2-4-14(15)20/h2-10H,1H3,(H,21,23,27). The molecule has 0 unspecified atom stereocenters. The number of ether oxygens (including phenoxy) is 1. The van der Waals surface area contributed by atoms with E-state index in [-0.39, 0.29) is 16.4 Å². The molecule has 0 saturated carbocycles. The molecule has 0 bridgehead atoms. The number of methoxy groups -OCH3 is 1. The quantitative estimate of drug-likeness (QED) is 0.381. The summed E-state index contributed by atoms with van der Waals surface area (Å²) in [5, 5.41) is 2.18. The molecule has 0 radical (unpaired) electrons. The molecule has 8 heteroatoms. The van der Waals surface area contributed by atoms with Crippen LogP contribution in [0.25, 0.3) is 6.08 Å². The van der Waals surface area contributed by atoms with Gasteiger partial charge >= 0.3 is 5.97 Å². The van der Waals surface area contributed by atoms with Gasteiger partial charge in [-0.05, 0) is 48.1 Å². The van der Waals surface area contributed by atoms with Crippen molar-refractivity contribution in [3.63, 3.8) is 0 Å². The number of hydrogen-bond acceptors (Lipinski definition) is 5. The minimum atomic E-state index is -0.745. The molecule has 0 aromatic heterocycles. The average molecular weight is 384 g/mol. The highest BCUT2D eigenvalue weighted by atomic mass is 32.1. The van der Waals surface area contributed by atoms with Crippen molar-refractivity contribution < 1.29 is 23.5 Å². The maximum absolute atomic E-state index is 14.1. The van der Waals surface area contributed by atoms with Gasteiger partial charge in [-0.2, -0.15) is 0 Å². The number of carbonyl (C=O) groups excluding carboxylic acids is 3. The van der Waals surface area contributed by atoms with Crippen LogP contribution in [0.1, 0.15) is 15.9 Å². The molecule has 3 rings (SSSR count). The molecule has 2 amide bonds. The largest absolute Gasteiger partial charge is 0.465 e. The number of hydrogen-bond donors (Lipinski definition) is 1. The van der Waals surface area contributed by atoms with Crippen molar-refractivity contribution in [2.24, 2.45) is 0 Å². The lowest BCUT2D eigenvalue weighted by Gasteiger charge is -2.29. The maximum Gasteiger partial charge on any atom is 0.337 e.